The molecule has 162 valence electrons. The van der Waals surface area contributed by atoms with E-state index in [0.717, 1.165) is 27.1 Å². The Kier molecular flexibility index (Phi) is 6.77. The van der Waals surface area contributed by atoms with Crippen LogP contribution in [0.3, 0.4) is 0 Å². The fourth-order valence-electron chi connectivity index (χ4n) is 2.64. The van der Waals surface area contributed by atoms with Crippen LogP contribution in [-0.4, -0.2) is 32.8 Å². The summed E-state index contributed by atoms with van der Waals surface area (Å²) in [6.45, 7) is 0. The first-order chi connectivity index (χ1) is 14.7. The average molecular weight is 468 g/mol. The third-order valence-corrected chi connectivity index (χ3v) is 4.96. The number of hydrogen-bond donors (Lipinski definition) is 0. The second-order valence-corrected chi connectivity index (χ2v) is 7.35. The highest BCUT2D eigenvalue weighted by Crippen LogP contribution is 2.33. The molecule has 3 aromatic rings. The van der Waals surface area contributed by atoms with E-state index < -0.39 is 28.4 Å². The Hall–Kier alpha value is -3.17. The van der Waals surface area contributed by atoms with Crippen LogP contribution >= 0.6 is 23.2 Å². The van der Waals surface area contributed by atoms with Crippen LogP contribution in [0, 0.1) is 5.82 Å². The van der Waals surface area contributed by atoms with E-state index in [9.17, 15) is 18.8 Å². The van der Waals surface area contributed by atoms with Crippen LogP contribution in [0.2, 0.25) is 5.02 Å². The zero-order chi connectivity index (χ0) is 22.7. The lowest BCUT2D eigenvalue weighted by molar-refractivity contribution is -0.140. The first-order valence-corrected chi connectivity index (χ1v) is 9.66. The number of halogens is 3. The highest BCUT2D eigenvalue weighted by molar-refractivity contribution is 6.32. The first-order valence-electron chi connectivity index (χ1n) is 8.84. The fraction of sp³-hybridized carbons (Fsp3) is 0.200. The number of rotatable bonds is 6. The summed E-state index contributed by atoms with van der Waals surface area (Å²) < 4.78 is 26.3. The summed E-state index contributed by atoms with van der Waals surface area (Å²) in [5.74, 6) is -0.918. The zero-order valence-electron chi connectivity index (χ0n) is 16.3. The van der Waals surface area contributed by atoms with Crippen molar-refractivity contribution in [1.82, 2.24) is 14.3 Å². The summed E-state index contributed by atoms with van der Waals surface area (Å²) in [5, 5.41) is 2.84. The molecule has 0 radical (unpaired) electrons. The molecule has 1 heterocycles. The second kappa shape index (κ2) is 9.32. The molecule has 8 nitrogen and oxygen atoms in total. The molecular formula is C20H16Cl2FN3O5. The van der Waals surface area contributed by atoms with Crippen LogP contribution in [0.1, 0.15) is 5.56 Å². The SMILES string of the molecule is COC(=O)C(Cl)Cc1ccc(Oc2cc(-n3ncc(=O)n(C)c3=O)c(F)cc2Cl)cc1. The number of carbonyl (C=O) groups is 1. The maximum atomic E-state index is 14.5. The van der Waals surface area contributed by atoms with E-state index in [-0.39, 0.29) is 22.9 Å². The van der Waals surface area contributed by atoms with Crippen LogP contribution in [0.25, 0.3) is 5.69 Å². The van der Waals surface area contributed by atoms with E-state index >= 15 is 0 Å². The molecule has 1 aromatic heterocycles. The summed E-state index contributed by atoms with van der Waals surface area (Å²) in [6.07, 6.45) is 1.16. The monoisotopic (exact) mass is 467 g/mol. The normalized spacial score (nSPS) is 11.8. The minimum Gasteiger partial charge on any atom is -0.468 e. The Balaban J connectivity index is 1.88. The molecule has 0 aliphatic rings. The lowest BCUT2D eigenvalue weighted by Gasteiger charge is -2.12. The molecule has 0 aliphatic heterocycles. The number of carbonyl (C=O) groups excluding carboxylic acids is 1. The van der Waals surface area contributed by atoms with Crippen molar-refractivity contribution in [2.24, 2.45) is 7.05 Å². The van der Waals surface area contributed by atoms with Gasteiger partial charge in [0.2, 0.25) is 0 Å². The Labute approximate surface area is 185 Å². The van der Waals surface area contributed by atoms with Crippen molar-refractivity contribution in [3.8, 4) is 17.2 Å². The van der Waals surface area contributed by atoms with E-state index in [0.29, 0.717) is 5.75 Å². The number of hydrogen-bond acceptors (Lipinski definition) is 6. The van der Waals surface area contributed by atoms with Gasteiger partial charge < -0.3 is 9.47 Å². The average Bonchev–Trinajstić information content (AvgIpc) is 2.75. The summed E-state index contributed by atoms with van der Waals surface area (Å²) in [5.41, 5.74) is -0.923. The number of alkyl halides is 1. The van der Waals surface area contributed by atoms with E-state index in [4.69, 9.17) is 27.9 Å². The molecule has 0 N–H and O–H groups in total. The Morgan fingerprint density at radius 3 is 2.55 bits per heavy atom. The minimum absolute atomic E-state index is 0.0327. The third-order valence-electron chi connectivity index (χ3n) is 4.33. The molecule has 0 aliphatic carbocycles. The number of esters is 1. The molecule has 0 amide bonds. The predicted molar refractivity (Wildman–Crippen MR) is 112 cm³/mol. The smallest absolute Gasteiger partial charge is 0.352 e. The summed E-state index contributed by atoms with van der Waals surface area (Å²) >= 11 is 12.1. The van der Waals surface area contributed by atoms with E-state index in [1.807, 2.05) is 0 Å². The lowest BCUT2D eigenvalue weighted by atomic mass is 10.1. The number of methoxy groups -OCH3 is 1. The molecular weight excluding hydrogens is 452 g/mol. The molecule has 0 fully saturated rings. The maximum Gasteiger partial charge on any atom is 0.352 e. The largest absolute Gasteiger partial charge is 0.468 e. The molecule has 0 spiro atoms. The van der Waals surface area contributed by atoms with Crippen molar-refractivity contribution < 1.29 is 18.7 Å². The molecule has 1 unspecified atom stereocenters. The topological polar surface area (TPSA) is 92.4 Å². The Morgan fingerprint density at radius 2 is 1.90 bits per heavy atom. The summed E-state index contributed by atoms with van der Waals surface area (Å²) in [7, 11) is 2.51. The van der Waals surface area contributed by atoms with Crippen LogP contribution in [0.4, 0.5) is 4.39 Å². The van der Waals surface area contributed by atoms with E-state index in [1.165, 1.54) is 20.2 Å². The number of ether oxygens (including phenoxy) is 2. The highest BCUT2D eigenvalue weighted by Gasteiger charge is 2.17. The number of nitrogens with zero attached hydrogens (tertiary/aromatic N) is 3. The van der Waals surface area contributed by atoms with Crippen molar-refractivity contribution in [2.75, 3.05) is 7.11 Å². The molecule has 11 heteroatoms. The second-order valence-electron chi connectivity index (χ2n) is 6.41. The maximum absolute atomic E-state index is 14.5. The van der Waals surface area contributed by atoms with Crippen LogP contribution < -0.4 is 16.0 Å². The lowest BCUT2D eigenvalue weighted by Crippen LogP contribution is -2.38. The van der Waals surface area contributed by atoms with Crippen molar-refractivity contribution in [2.45, 2.75) is 11.8 Å². The van der Waals surface area contributed by atoms with Gasteiger partial charge in [0.15, 0.2) is 5.82 Å². The van der Waals surface area contributed by atoms with Crippen molar-refractivity contribution in [3.05, 3.63) is 79.8 Å². The van der Waals surface area contributed by atoms with Gasteiger partial charge >= 0.3 is 11.7 Å². The molecule has 0 bridgehead atoms. The van der Waals surface area contributed by atoms with Gasteiger partial charge in [-0.2, -0.15) is 9.78 Å². The Bertz CT molecular complexity index is 1240. The fourth-order valence-corrected chi connectivity index (χ4v) is 3.10. The zero-order valence-corrected chi connectivity index (χ0v) is 17.9. The van der Waals surface area contributed by atoms with Crippen molar-refractivity contribution in [3.63, 3.8) is 0 Å². The third kappa shape index (κ3) is 4.95. The Morgan fingerprint density at radius 1 is 1.23 bits per heavy atom. The summed E-state index contributed by atoms with van der Waals surface area (Å²) in [4.78, 5) is 35.2. The minimum atomic E-state index is -0.828. The molecule has 0 saturated carbocycles. The van der Waals surface area contributed by atoms with Crippen molar-refractivity contribution in [1.29, 1.82) is 0 Å². The quantitative estimate of drug-likeness (QED) is 0.408. The van der Waals surface area contributed by atoms with Gasteiger partial charge in [0.05, 0.1) is 12.1 Å². The predicted octanol–water partition coefficient (Wildman–Crippen LogP) is 2.84. The van der Waals surface area contributed by atoms with Gasteiger partial charge in [0, 0.05) is 13.1 Å². The number of aromatic nitrogens is 3. The van der Waals surface area contributed by atoms with Crippen LogP contribution in [0.15, 0.2) is 52.2 Å². The van der Waals surface area contributed by atoms with Gasteiger partial charge in [0.25, 0.3) is 5.56 Å². The van der Waals surface area contributed by atoms with Crippen LogP contribution in [0.5, 0.6) is 11.5 Å². The van der Waals surface area contributed by atoms with Crippen molar-refractivity contribution >= 4 is 29.2 Å². The molecule has 1 atom stereocenters. The molecule has 2 aromatic carbocycles. The van der Waals surface area contributed by atoms with E-state index in [2.05, 4.69) is 9.84 Å². The van der Waals surface area contributed by atoms with Gasteiger partial charge in [-0.3, -0.25) is 14.2 Å². The first kappa shape index (κ1) is 22.5. The van der Waals surface area contributed by atoms with Gasteiger partial charge in [-0.25, -0.2) is 9.18 Å². The molecule has 31 heavy (non-hydrogen) atoms. The van der Waals surface area contributed by atoms with E-state index in [1.54, 1.807) is 24.3 Å². The van der Waals surface area contributed by atoms with Gasteiger partial charge in [-0.1, -0.05) is 23.7 Å². The number of benzene rings is 2. The summed E-state index contributed by atoms with van der Waals surface area (Å²) in [6, 6.07) is 8.82. The molecule has 0 saturated heterocycles. The highest BCUT2D eigenvalue weighted by atomic mass is 35.5. The van der Waals surface area contributed by atoms with Crippen LogP contribution in [-0.2, 0) is 23.0 Å². The standard InChI is InChI=1S/C20H16Cl2FN3O5/c1-25-18(27)10-24-26(20(25)29)16-9-17(13(21)8-15(16)23)31-12-5-3-11(4-6-12)7-14(22)19(28)30-2/h3-6,8-10,14H,7H2,1-2H3. The molecule has 3 rings (SSSR count). The van der Waals surface area contributed by atoms with Gasteiger partial charge in [-0.15, -0.1) is 11.6 Å². The van der Waals surface area contributed by atoms with Gasteiger partial charge in [-0.05, 0) is 30.2 Å². The van der Waals surface area contributed by atoms with Gasteiger partial charge in [0.1, 0.15) is 28.8 Å².